The maximum Gasteiger partial charge on any atom is 0.270 e. The molecule has 10 nitrogen and oxygen atoms in total. The lowest BCUT2D eigenvalue weighted by molar-refractivity contribution is -0.384. The van der Waals surface area contributed by atoms with Crippen LogP contribution in [-0.4, -0.2) is 82.6 Å². The molecule has 1 aromatic heterocycles. The lowest BCUT2D eigenvalue weighted by Crippen LogP contribution is -2.45. The van der Waals surface area contributed by atoms with Crippen LogP contribution in [0, 0.1) is 15.9 Å². The van der Waals surface area contributed by atoms with Crippen LogP contribution in [0.2, 0.25) is 0 Å². The summed E-state index contributed by atoms with van der Waals surface area (Å²) in [6, 6.07) is 8.34. The first-order valence-electron chi connectivity index (χ1n) is 10.9. The summed E-state index contributed by atoms with van der Waals surface area (Å²) in [5.74, 6) is -0.674. The van der Waals surface area contributed by atoms with Crippen molar-refractivity contribution in [3.05, 3.63) is 63.5 Å². The van der Waals surface area contributed by atoms with Crippen LogP contribution in [-0.2, 0) is 4.84 Å². The highest BCUT2D eigenvalue weighted by Gasteiger charge is 2.30. The second kappa shape index (κ2) is 11.2. The van der Waals surface area contributed by atoms with Crippen LogP contribution in [0.5, 0.6) is 5.88 Å². The minimum absolute atomic E-state index is 0. The number of rotatable bonds is 6. The van der Waals surface area contributed by atoms with Gasteiger partial charge in [-0.25, -0.2) is 9.38 Å². The quantitative estimate of drug-likeness (QED) is 0.279. The number of hydrogen-bond acceptors (Lipinski definition) is 8. The van der Waals surface area contributed by atoms with Crippen molar-refractivity contribution in [1.29, 1.82) is 0 Å². The largest absolute Gasteiger partial charge is 0.494 e. The molecular formula is C23H25Cl2FN6O4. The number of nitrogens with zero attached hydrogens (tertiary/aromatic N) is 5. The van der Waals surface area contributed by atoms with E-state index in [1.807, 2.05) is 0 Å². The molecule has 1 saturated heterocycles. The van der Waals surface area contributed by atoms with Gasteiger partial charge in [0.2, 0.25) is 0 Å². The average molecular weight is 539 g/mol. The Hall–Kier alpha value is -3.25. The zero-order valence-electron chi connectivity index (χ0n) is 19.3. The van der Waals surface area contributed by atoms with Crippen molar-refractivity contribution < 1.29 is 19.3 Å². The summed E-state index contributed by atoms with van der Waals surface area (Å²) in [5.41, 5.74) is 2.03. The molecule has 2 N–H and O–H groups in total. The van der Waals surface area contributed by atoms with Gasteiger partial charge in [0.25, 0.3) is 5.69 Å². The van der Waals surface area contributed by atoms with Gasteiger partial charge in [-0.15, -0.1) is 24.8 Å². The second-order valence-electron chi connectivity index (χ2n) is 8.38. The SMILES string of the molecule is CN1CCN(CCON=C2C(c3c(O)[nH]c4ccc([N+](=O)[O-])cc34)=Nc3ccc(F)cc32)CC1.Cl.Cl. The molecule has 0 bridgehead atoms. The molecule has 1 fully saturated rings. The molecule has 2 aliphatic heterocycles. The Morgan fingerprint density at radius 3 is 2.67 bits per heavy atom. The summed E-state index contributed by atoms with van der Waals surface area (Å²) in [5, 5.41) is 26.6. The summed E-state index contributed by atoms with van der Waals surface area (Å²) in [6.45, 7) is 4.89. The van der Waals surface area contributed by atoms with Gasteiger partial charge in [-0.2, -0.15) is 0 Å². The van der Waals surface area contributed by atoms with Gasteiger partial charge in [-0.05, 0) is 31.3 Å². The van der Waals surface area contributed by atoms with E-state index in [9.17, 15) is 19.6 Å². The molecule has 3 aromatic rings. The van der Waals surface area contributed by atoms with Crippen molar-refractivity contribution in [3.63, 3.8) is 0 Å². The molecule has 3 heterocycles. The molecule has 0 aliphatic carbocycles. The van der Waals surface area contributed by atoms with Gasteiger partial charge in [0, 0.05) is 61.3 Å². The molecule has 0 atom stereocenters. The molecular weight excluding hydrogens is 514 g/mol. The third kappa shape index (κ3) is 5.29. The molecule has 13 heteroatoms. The maximum absolute atomic E-state index is 14.1. The molecule has 0 amide bonds. The molecule has 0 unspecified atom stereocenters. The van der Waals surface area contributed by atoms with Crippen LogP contribution >= 0.6 is 24.8 Å². The standard InChI is InChI=1S/C23H23FN6O4.2ClH/c1-28-6-8-29(9-7-28)10-11-34-27-21-17-12-14(24)2-4-19(17)25-22(21)20-16-13-15(30(32)33)3-5-18(16)26-23(20)31;;/h2-5,12-13,26,31H,6-11H2,1H3;2*1H. The minimum Gasteiger partial charge on any atom is -0.494 e. The zero-order valence-corrected chi connectivity index (χ0v) is 20.9. The summed E-state index contributed by atoms with van der Waals surface area (Å²) in [7, 11) is 2.09. The molecule has 0 spiro atoms. The van der Waals surface area contributed by atoms with Gasteiger partial charge in [0.1, 0.15) is 23.8 Å². The van der Waals surface area contributed by atoms with Crippen LogP contribution in [0.3, 0.4) is 0 Å². The third-order valence-electron chi connectivity index (χ3n) is 6.13. The van der Waals surface area contributed by atoms with Gasteiger partial charge in [-0.1, -0.05) is 5.16 Å². The fourth-order valence-electron chi connectivity index (χ4n) is 4.23. The second-order valence-corrected chi connectivity index (χ2v) is 8.38. The number of piperazine rings is 1. The number of aromatic hydroxyl groups is 1. The van der Waals surface area contributed by atoms with E-state index in [2.05, 4.69) is 32.0 Å². The monoisotopic (exact) mass is 538 g/mol. The van der Waals surface area contributed by atoms with E-state index >= 15 is 0 Å². The maximum atomic E-state index is 14.1. The Morgan fingerprint density at radius 2 is 1.94 bits per heavy atom. The Balaban J connectivity index is 0.00000180. The van der Waals surface area contributed by atoms with E-state index < -0.39 is 10.7 Å². The number of aromatic amines is 1. The number of halogens is 3. The number of fused-ring (bicyclic) bond motifs is 2. The van der Waals surface area contributed by atoms with E-state index in [0.717, 1.165) is 26.2 Å². The summed E-state index contributed by atoms with van der Waals surface area (Å²) < 4.78 is 14.1. The number of H-pyrrole nitrogens is 1. The molecule has 2 aromatic carbocycles. The van der Waals surface area contributed by atoms with Gasteiger partial charge in [-0.3, -0.25) is 15.0 Å². The predicted molar refractivity (Wildman–Crippen MR) is 140 cm³/mol. The van der Waals surface area contributed by atoms with Crippen molar-refractivity contribution in [2.24, 2.45) is 10.1 Å². The van der Waals surface area contributed by atoms with Crippen molar-refractivity contribution in [3.8, 4) is 5.88 Å². The molecule has 2 aliphatic rings. The minimum atomic E-state index is -0.510. The lowest BCUT2D eigenvalue weighted by Gasteiger charge is -2.31. The number of aliphatic imine (C=N–C) groups is 1. The van der Waals surface area contributed by atoms with Crippen LogP contribution in [0.25, 0.3) is 10.9 Å². The molecule has 192 valence electrons. The number of nitro groups is 1. The Kier molecular flexibility index (Phi) is 8.51. The summed E-state index contributed by atoms with van der Waals surface area (Å²) in [4.78, 5) is 28.3. The number of aromatic nitrogens is 1. The highest BCUT2D eigenvalue weighted by Crippen LogP contribution is 2.37. The number of hydrogen-bond donors (Lipinski definition) is 2. The fraction of sp³-hybridized carbons (Fsp3) is 0.304. The van der Waals surface area contributed by atoms with Crippen molar-refractivity contribution in [1.82, 2.24) is 14.8 Å². The molecule has 5 rings (SSSR count). The normalized spacial score (nSPS) is 16.8. The fourth-order valence-corrected chi connectivity index (χ4v) is 4.23. The lowest BCUT2D eigenvalue weighted by atomic mass is 10.0. The van der Waals surface area contributed by atoms with Crippen molar-refractivity contribution >= 4 is 58.5 Å². The van der Waals surface area contributed by atoms with E-state index in [4.69, 9.17) is 4.84 Å². The first-order valence-corrected chi connectivity index (χ1v) is 10.9. The third-order valence-corrected chi connectivity index (χ3v) is 6.13. The molecule has 36 heavy (non-hydrogen) atoms. The highest BCUT2D eigenvalue weighted by atomic mass is 35.5. The number of non-ortho nitro benzene ring substituents is 1. The van der Waals surface area contributed by atoms with Crippen LogP contribution in [0.15, 0.2) is 46.5 Å². The summed E-state index contributed by atoms with van der Waals surface area (Å²) in [6.07, 6.45) is 0. The smallest absolute Gasteiger partial charge is 0.270 e. The Labute approximate surface area is 218 Å². The van der Waals surface area contributed by atoms with Crippen molar-refractivity contribution in [2.45, 2.75) is 0 Å². The van der Waals surface area contributed by atoms with Gasteiger partial charge in [0.05, 0.1) is 16.2 Å². The number of nitro benzene ring substituents is 1. The Morgan fingerprint density at radius 1 is 1.19 bits per heavy atom. The van der Waals surface area contributed by atoms with Gasteiger partial charge in [0.15, 0.2) is 5.88 Å². The van der Waals surface area contributed by atoms with Crippen molar-refractivity contribution in [2.75, 3.05) is 46.4 Å². The van der Waals surface area contributed by atoms with Crippen LogP contribution in [0.4, 0.5) is 15.8 Å². The van der Waals surface area contributed by atoms with Gasteiger partial charge < -0.3 is 19.8 Å². The van der Waals surface area contributed by atoms with E-state index in [1.54, 1.807) is 0 Å². The number of nitrogens with one attached hydrogen (secondary N) is 1. The number of benzene rings is 2. The van der Waals surface area contributed by atoms with E-state index in [-0.39, 0.29) is 53.4 Å². The number of likely N-dealkylation sites (N-methyl/N-ethyl adjacent to an activating group) is 1. The van der Waals surface area contributed by atoms with Crippen LogP contribution < -0.4 is 0 Å². The zero-order chi connectivity index (χ0) is 23.8. The first-order chi connectivity index (χ1) is 16.4. The van der Waals surface area contributed by atoms with E-state index in [0.29, 0.717) is 35.3 Å². The first kappa shape index (κ1) is 27.3. The molecule has 0 saturated carbocycles. The topological polar surface area (TPSA) is 120 Å². The molecule has 0 radical (unpaired) electrons. The predicted octanol–water partition coefficient (Wildman–Crippen LogP) is 3.87. The Bertz CT molecular complexity index is 1340. The number of oxime groups is 1. The average Bonchev–Trinajstić information content (AvgIpc) is 3.33. The van der Waals surface area contributed by atoms with Gasteiger partial charge >= 0.3 is 0 Å². The summed E-state index contributed by atoms with van der Waals surface area (Å²) >= 11 is 0. The van der Waals surface area contributed by atoms with E-state index in [1.165, 1.54) is 36.4 Å². The van der Waals surface area contributed by atoms with Crippen LogP contribution in [0.1, 0.15) is 11.1 Å². The highest BCUT2D eigenvalue weighted by molar-refractivity contribution is 6.58.